The number of anilines is 2. The van der Waals surface area contributed by atoms with Gasteiger partial charge in [0.25, 0.3) is 11.7 Å². The highest BCUT2D eigenvalue weighted by Gasteiger charge is 2.45. The molecular formula is C31H34N8O5. The van der Waals surface area contributed by atoms with Gasteiger partial charge in [0.2, 0.25) is 0 Å². The maximum Gasteiger partial charge on any atom is 0.324 e. The highest BCUT2D eigenvalue weighted by Crippen LogP contribution is 2.45. The second kappa shape index (κ2) is 11.7. The van der Waals surface area contributed by atoms with Crippen molar-refractivity contribution in [3.05, 3.63) is 84.3 Å². The molecule has 2 fully saturated rings. The average molecular weight is 599 g/mol. The number of aryl methyl sites for hydroxylation is 1. The van der Waals surface area contributed by atoms with E-state index < -0.39 is 17.6 Å². The molecular weight excluding hydrogens is 564 g/mol. The fourth-order valence-corrected chi connectivity index (χ4v) is 6.35. The minimum atomic E-state index is -1.35. The Morgan fingerprint density at radius 3 is 2.36 bits per heavy atom. The first-order chi connectivity index (χ1) is 21.4. The van der Waals surface area contributed by atoms with Crippen molar-refractivity contribution >= 4 is 28.6 Å². The van der Waals surface area contributed by atoms with Crippen molar-refractivity contribution in [1.82, 2.24) is 34.1 Å². The molecule has 44 heavy (non-hydrogen) atoms. The normalized spacial score (nSPS) is 19.0. The van der Waals surface area contributed by atoms with Crippen LogP contribution in [0, 0.1) is 6.92 Å². The molecule has 0 aliphatic carbocycles. The monoisotopic (exact) mass is 598 g/mol. The van der Waals surface area contributed by atoms with Crippen molar-refractivity contribution in [2.24, 2.45) is 0 Å². The standard InChI is InChI=1S/C29H28N8O5.C2H6/c1-16-10-18(2-5-23(16)42-21-6-8-35-24(13-21)30-14-32-35)34-27-25-22(7-9-36(25)33-15-31-27)17-11-19-3-4-20(12-17)37(19)28(39)26(38)29(40)41;1-2/h2,5-10,13-15,17,19-20,38,40-41H,3-4,11-12H2,1H3,(H,31,33,34);1-2H3. The first-order valence-electron chi connectivity index (χ1n) is 14.7. The lowest BCUT2D eigenvalue weighted by Crippen LogP contribution is -2.46. The van der Waals surface area contributed by atoms with Crippen molar-refractivity contribution < 1.29 is 24.9 Å². The molecule has 5 aromatic rings. The first-order valence-corrected chi connectivity index (χ1v) is 14.7. The van der Waals surface area contributed by atoms with Crippen molar-refractivity contribution in [1.29, 1.82) is 0 Å². The quantitative estimate of drug-likeness (QED) is 0.140. The van der Waals surface area contributed by atoms with Gasteiger partial charge in [0.15, 0.2) is 11.5 Å². The van der Waals surface area contributed by atoms with Gasteiger partial charge in [-0.15, -0.1) is 0 Å². The van der Waals surface area contributed by atoms with Crippen LogP contribution in [0.25, 0.3) is 11.2 Å². The van der Waals surface area contributed by atoms with Gasteiger partial charge in [0.05, 0.1) is 0 Å². The first kappa shape index (κ1) is 28.8. The van der Waals surface area contributed by atoms with Crippen LogP contribution in [0.15, 0.2) is 73.2 Å². The van der Waals surface area contributed by atoms with Gasteiger partial charge >= 0.3 is 5.95 Å². The number of aromatic nitrogens is 6. The van der Waals surface area contributed by atoms with E-state index in [9.17, 15) is 20.1 Å². The van der Waals surface area contributed by atoms with Gasteiger partial charge in [0.1, 0.15) is 29.7 Å². The molecule has 2 unspecified atom stereocenters. The Balaban J connectivity index is 0.00000168. The van der Waals surface area contributed by atoms with Gasteiger partial charge < -0.3 is 30.3 Å². The third-order valence-electron chi connectivity index (χ3n) is 8.22. The molecule has 4 N–H and O–H groups in total. The van der Waals surface area contributed by atoms with Crippen molar-refractivity contribution in [3.63, 3.8) is 0 Å². The zero-order valence-corrected chi connectivity index (χ0v) is 24.6. The zero-order valence-electron chi connectivity index (χ0n) is 24.6. The number of piperidine rings is 1. The molecule has 228 valence electrons. The lowest BCUT2D eigenvalue weighted by Gasteiger charge is -2.38. The maximum atomic E-state index is 12.7. The van der Waals surface area contributed by atoms with Gasteiger partial charge in [0, 0.05) is 36.2 Å². The highest BCUT2D eigenvalue weighted by atomic mass is 16.5. The molecule has 0 radical (unpaired) electrons. The lowest BCUT2D eigenvalue weighted by atomic mass is 9.85. The van der Waals surface area contributed by atoms with Gasteiger partial charge in [-0.05, 0) is 80.0 Å². The molecule has 2 saturated heterocycles. The third-order valence-corrected chi connectivity index (χ3v) is 8.22. The Morgan fingerprint density at radius 1 is 0.932 bits per heavy atom. The van der Waals surface area contributed by atoms with E-state index in [4.69, 9.17) is 4.74 Å². The van der Waals surface area contributed by atoms with E-state index in [0.29, 0.717) is 35.8 Å². The molecule has 1 aromatic carbocycles. The predicted molar refractivity (Wildman–Crippen MR) is 162 cm³/mol. The summed E-state index contributed by atoms with van der Waals surface area (Å²) in [6.45, 7) is 5.97. The van der Waals surface area contributed by atoms with Gasteiger partial charge in [-0.1, -0.05) is 13.8 Å². The van der Waals surface area contributed by atoms with Crippen LogP contribution in [-0.2, 0) is 4.79 Å². The summed E-state index contributed by atoms with van der Waals surface area (Å²) in [5, 5.41) is 40.3. The van der Waals surface area contributed by atoms with E-state index in [1.807, 2.05) is 63.4 Å². The van der Waals surface area contributed by atoms with E-state index >= 15 is 0 Å². The molecule has 2 aliphatic heterocycles. The number of nitrogens with zero attached hydrogens (tertiary/aromatic N) is 7. The van der Waals surface area contributed by atoms with Gasteiger partial charge in [-0.3, -0.25) is 4.79 Å². The number of ether oxygens (including phenoxy) is 1. The summed E-state index contributed by atoms with van der Waals surface area (Å²) in [4.78, 5) is 23.1. The molecule has 13 nitrogen and oxygen atoms in total. The summed E-state index contributed by atoms with van der Waals surface area (Å²) < 4.78 is 9.58. The molecule has 1 amide bonds. The number of carbonyl (C=O) groups excluding carboxylic acids is 1. The molecule has 4 aromatic heterocycles. The fraction of sp³-hybridized carbons (Fsp3) is 0.323. The van der Waals surface area contributed by atoms with Crippen LogP contribution in [0.2, 0.25) is 0 Å². The Bertz CT molecular complexity index is 1850. The zero-order chi connectivity index (χ0) is 31.0. The second-order valence-corrected chi connectivity index (χ2v) is 10.7. The smallest absolute Gasteiger partial charge is 0.324 e. The third kappa shape index (κ3) is 5.21. The molecule has 0 saturated carbocycles. The predicted octanol–water partition coefficient (Wildman–Crippen LogP) is 5.72. The van der Waals surface area contributed by atoms with E-state index in [1.54, 1.807) is 20.1 Å². The minimum absolute atomic E-state index is 0.112. The maximum absolute atomic E-state index is 12.7. The van der Waals surface area contributed by atoms with Crippen LogP contribution in [0.4, 0.5) is 11.5 Å². The van der Waals surface area contributed by atoms with E-state index in [0.717, 1.165) is 35.2 Å². The Labute approximate surface area is 253 Å². The summed E-state index contributed by atoms with van der Waals surface area (Å²) in [6, 6.07) is 11.3. The Kier molecular flexibility index (Phi) is 7.68. The lowest BCUT2D eigenvalue weighted by molar-refractivity contribution is -0.135. The second-order valence-electron chi connectivity index (χ2n) is 10.7. The molecule has 2 atom stereocenters. The van der Waals surface area contributed by atoms with Crippen molar-refractivity contribution in [2.75, 3.05) is 5.32 Å². The summed E-state index contributed by atoms with van der Waals surface area (Å²) >= 11 is 0. The molecule has 2 aliphatic rings. The number of benzene rings is 1. The largest absolute Gasteiger partial charge is 0.498 e. The fourth-order valence-electron chi connectivity index (χ4n) is 6.35. The van der Waals surface area contributed by atoms with E-state index in [-0.39, 0.29) is 18.0 Å². The molecule has 2 bridgehead atoms. The Morgan fingerprint density at radius 2 is 1.64 bits per heavy atom. The number of hydrogen-bond donors (Lipinski definition) is 4. The van der Waals surface area contributed by atoms with Crippen LogP contribution >= 0.6 is 0 Å². The SMILES string of the molecule is CC.Cc1cc(Nc2ncnn3ccc(C4CC5CCC(C4)N5C(=O)C(O)=C(O)O)c23)ccc1Oc1ccn2ncnc2c1. The van der Waals surface area contributed by atoms with Crippen LogP contribution in [0.5, 0.6) is 11.5 Å². The van der Waals surface area contributed by atoms with Crippen LogP contribution in [-0.4, -0.2) is 67.4 Å². The number of aliphatic hydroxyl groups is 3. The number of carbonyl (C=O) groups is 1. The average Bonchev–Trinajstić information content (AvgIpc) is 3.75. The molecule has 6 heterocycles. The molecule has 13 heteroatoms. The van der Waals surface area contributed by atoms with Crippen molar-refractivity contribution in [3.8, 4) is 11.5 Å². The molecule has 7 rings (SSSR count). The highest BCUT2D eigenvalue weighted by molar-refractivity contribution is 5.92. The number of fused-ring (bicyclic) bond motifs is 4. The number of hydrogen-bond acceptors (Lipinski definition) is 10. The van der Waals surface area contributed by atoms with Gasteiger partial charge in [-0.25, -0.2) is 19.0 Å². The molecule has 0 spiro atoms. The van der Waals surface area contributed by atoms with E-state index in [2.05, 4.69) is 25.5 Å². The number of rotatable bonds is 6. The topological polar surface area (TPSA) is 163 Å². The summed E-state index contributed by atoms with van der Waals surface area (Å²) in [6.07, 6.45) is 9.65. The summed E-state index contributed by atoms with van der Waals surface area (Å²) in [7, 11) is 0. The summed E-state index contributed by atoms with van der Waals surface area (Å²) in [5.41, 5.74) is 4.40. The number of aliphatic hydroxyl groups excluding tert-OH is 2. The van der Waals surface area contributed by atoms with Gasteiger partial charge in [-0.2, -0.15) is 10.2 Å². The number of nitrogens with one attached hydrogen (secondary N) is 1. The van der Waals surface area contributed by atoms with Crippen LogP contribution in [0.1, 0.15) is 56.6 Å². The van der Waals surface area contributed by atoms with Crippen LogP contribution < -0.4 is 10.1 Å². The Hall–Kier alpha value is -5.33. The summed E-state index contributed by atoms with van der Waals surface area (Å²) in [5.74, 6) is -0.929. The van der Waals surface area contributed by atoms with Crippen molar-refractivity contribution in [2.45, 2.75) is 64.5 Å². The number of pyridine rings is 1. The minimum Gasteiger partial charge on any atom is -0.498 e. The number of amides is 1. The van der Waals surface area contributed by atoms with E-state index in [1.165, 1.54) is 12.7 Å². The van der Waals surface area contributed by atoms with Crippen LogP contribution in [0.3, 0.4) is 0 Å².